The van der Waals surface area contributed by atoms with Gasteiger partial charge < -0.3 is 89.0 Å². The molecule has 1 aromatic heterocycles. The smallest absolute Gasteiger partial charge is 0.239 e. The largest absolute Gasteiger partial charge is 0.508 e. The van der Waals surface area contributed by atoms with Gasteiger partial charge in [-0.05, 0) is 38.1 Å². The second kappa shape index (κ2) is 15.0. The molecule has 0 saturated carbocycles. The number of phenolic OH excluding ortho intramolecular Hbond substituents is 3. The summed E-state index contributed by atoms with van der Waals surface area (Å²) in [4.78, 5) is 14.0. The molecule has 3 fully saturated rings. The zero-order chi connectivity index (χ0) is 37.8. The van der Waals surface area contributed by atoms with E-state index in [1.165, 1.54) is 38.1 Å². The van der Waals surface area contributed by atoms with Gasteiger partial charge in [0.15, 0.2) is 24.4 Å². The molecule has 0 spiro atoms. The molecule has 0 bridgehead atoms. The van der Waals surface area contributed by atoms with E-state index in [9.17, 15) is 61.0 Å². The fraction of sp³-hybridized carbons (Fsp3) is 0.545. The van der Waals surface area contributed by atoms with Crippen molar-refractivity contribution in [1.82, 2.24) is 0 Å². The summed E-state index contributed by atoms with van der Waals surface area (Å²) in [5.74, 6) is -2.27. The molecular formula is C33H40O19. The van der Waals surface area contributed by atoms with E-state index >= 15 is 0 Å². The lowest BCUT2D eigenvalue weighted by Crippen LogP contribution is -2.65. The molecule has 19 heteroatoms. The van der Waals surface area contributed by atoms with E-state index in [-0.39, 0.29) is 22.7 Å². The highest BCUT2D eigenvalue weighted by molar-refractivity contribution is 5.88. The monoisotopic (exact) mass is 740 g/mol. The number of aliphatic hydroxyl groups excluding tert-OH is 8. The van der Waals surface area contributed by atoms with E-state index in [4.69, 9.17) is 32.8 Å². The van der Waals surface area contributed by atoms with Crippen molar-refractivity contribution in [1.29, 1.82) is 0 Å². The summed E-state index contributed by atoms with van der Waals surface area (Å²) < 4.78 is 40.3. The first kappa shape index (κ1) is 38.1. The summed E-state index contributed by atoms with van der Waals surface area (Å²) in [6, 6.07) is 7.16. The summed E-state index contributed by atoms with van der Waals surface area (Å²) in [5.41, 5.74) is -1.15. The number of aliphatic hydroxyl groups is 8. The highest BCUT2D eigenvalue weighted by atomic mass is 16.8. The molecule has 19 nitrogen and oxygen atoms in total. The van der Waals surface area contributed by atoms with Gasteiger partial charge >= 0.3 is 0 Å². The van der Waals surface area contributed by atoms with E-state index in [0.29, 0.717) is 0 Å². The molecule has 11 N–H and O–H groups in total. The number of benzene rings is 2. The zero-order valence-corrected chi connectivity index (χ0v) is 27.5. The first-order valence-corrected chi connectivity index (χ1v) is 16.2. The standard InChI is InChI=1S/C33H40O19/c1-10-19(37)23(41)26(44)31(47-10)46-9-17-21(39)25(43)30(52-32-27(45)24(42)20(38)11(2)48-32)33(50-17)51-29-22(40)18-15(36)7-14(35)8-16(18)49-28(29)12-3-5-13(34)6-4-12/h3-8,10-11,17,19-21,23-27,30-39,41-45H,9H2,1-2H3/t10-,11+,17+,19-,20+,21+,23+,24-,25-,26+,27-,30+,31+,32+,33-/m1/s1. The Hall–Kier alpha value is -3.67. The highest BCUT2D eigenvalue weighted by Gasteiger charge is 2.52. The predicted octanol–water partition coefficient (Wildman–Crippen LogP) is -2.54. The van der Waals surface area contributed by atoms with Gasteiger partial charge in [-0.3, -0.25) is 4.79 Å². The van der Waals surface area contributed by atoms with Crippen molar-refractivity contribution >= 4 is 11.0 Å². The van der Waals surface area contributed by atoms with Gasteiger partial charge in [0, 0.05) is 17.7 Å². The molecule has 286 valence electrons. The van der Waals surface area contributed by atoms with Crippen LogP contribution in [0.15, 0.2) is 45.6 Å². The van der Waals surface area contributed by atoms with Gasteiger partial charge in [-0.2, -0.15) is 0 Å². The molecule has 4 heterocycles. The maximum Gasteiger partial charge on any atom is 0.239 e. The average Bonchev–Trinajstić information content (AvgIpc) is 3.10. The Kier molecular flexibility index (Phi) is 11.0. The first-order chi connectivity index (χ1) is 24.6. The second-order valence-electron chi connectivity index (χ2n) is 12.9. The zero-order valence-electron chi connectivity index (χ0n) is 27.5. The SMILES string of the molecule is C[C@@H]1O[C@@H](O[C@@H]2[C@@H](Oc3c(-c4ccc(O)cc4)oc4cc(O)cc(O)c4c3=O)O[C@@H](CO[C@H]3O[C@H](C)[C@@H](O)[C@H](O)[C@@H]3O)[C@H](O)[C@H]2O)[C@H](O)[C@H](O)[C@H]1O. The number of aromatic hydroxyl groups is 3. The van der Waals surface area contributed by atoms with Gasteiger partial charge in [0.1, 0.15) is 83.2 Å². The molecule has 3 aliphatic heterocycles. The molecule has 0 unspecified atom stereocenters. The van der Waals surface area contributed by atoms with Crippen LogP contribution in [0, 0.1) is 0 Å². The molecule has 52 heavy (non-hydrogen) atoms. The fourth-order valence-corrected chi connectivity index (χ4v) is 6.20. The van der Waals surface area contributed by atoms with Crippen LogP contribution in [-0.2, 0) is 23.7 Å². The molecule has 2 aromatic carbocycles. The maximum absolute atomic E-state index is 14.0. The third kappa shape index (κ3) is 7.16. The summed E-state index contributed by atoms with van der Waals surface area (Å²) in [6.07, 6.45) is -24.7. The van der Waals surface area contributed by atoms with E-state index < -0.39 is 127 Å². The van der Waals surface area contributed by atoms with Crippen LogP contribution in [0.3, 0.4) is 0 Å². The molecule has 0 radical (unpaired) electrons. The van der Waals surface area contributed by atoms with Crippen molar-refractivity contribution in [3.8, 4) is 34.3 Å². The van der Waals surface area contributed by atoms with E-state index in [1.54, 1.807) is 0 Å². The fourth-order valence-electron chi connectivity index (χ4n) is 6.20. The van der Waals surface area contributed by atoms with Gasteiger partial charge in [-0.15, -0.1) is 0 Å². The van der Waals surface area contributed by atoms with Crippen LogP contribution in [0.4, 0.5) is 0 Å². The van der Waals surface area contributed by atoms with Crippen LogP contribution in [0.2, 0.25) is 0 Å². The van der Waals surface area contributed by atoms with Crippen LogP contribution in [-0.4, -0.2) is 155 Å². The molecule has 15 atom stereocenters. The molecule has 0 aliphatic carbocycles. The second-order valence-corrected chi connectivity index (χ2v) is 12.9. The van der Waals surface area contributed by atoms with Crippen LogP contribution < -0.4 is 10.2 Å². The van der Waals surface area contributed by atoms with Gasteiger partial charge in [0.25, 0.3) is 0 Å². The summed E-state index contributed by atoms with van der Waals surface area (Å²) in [7, 11) is 0. The van der Waals surface area contributed by atoms with Gasteiger partial charge in [0.2, 0.25) is 17.5 Å². The van der Waals surface area contributed by atoms with E-state index in [2.05, 4.69) is 0 Å². The van der Waals surface area contributed by atoms with Gasteiger partial charge in [-0.1, -0.05) is 0 Å². The van der Waals surface area contributed by atoms with Crippen molar-refractivity contribution < 1.29 is 89.0 Å². The van der Waals surface area contributed by atoms with E-state index in [1.807, 2.05) is 0 Å². The normalized spacial score (nSPS) is 38.3. The molecule has 3 saturated heterocycles. The summed E-state index contributed by atoms with van der Waals surface area (Å²) >= 11 is 0. The summed E-state index contributed by atoms with van der Waals surface area (Å²) in [5, 5.41) is 115. The minimum Gasteiger partial charge on any atom is -0.508 e. The topological polar surface area (TPSA) is 308 Å². The highest BCUT2D eigenvalue weighted by Crippen LogP contribution is 2.38. The predicted molar refractivity (Wildman–Crippen MR) is 170 cm³/mol. The minimum absolute atomic E-state index is 0.138. The number of fused-ring (bicyclic) bond motifs is 1. The molecule has 0 amide bonds. The maximum atomic E-state index is 14.0. The third-order valence-electron chi connectivity index (χ3n) is 9.26. The molecular weight excluding hydrogens is 700 g/mol. The Morgan fingerprint density at radius 1 is 0.654 bits per heavy atom. The Morgan fingerprint density at radius 2 is 1.25 bits per heavy atom. The number of phenols is 3. The molecule has 6 rings (SSSR count). The lowest BCUT2D eigenvalue weighted by atomic mass is 9.97. The third-order valence-corrected chi connectivity index (χ3v) is 9.26. The number of rotatable bonds is 8. The van der Waals surface area contributed by atoms with Crippen LogP contribution in [0.1, 0.15) is 13.8 Å². The average molecular weight is 741 g/mol. The van der Waals surface area contributed by atoms with Gasteiger partial charge in [-0.25, -0.2) is 0 Å². The van der Waals surface area contributed by atoms with Crippen LogP contribution >= 0.6 is 0 Å². The van der Waals surface area contributed by atoms with Gasteiger partial charge in [0.05, 0.1) is 18.8 Å². The van der Waals surface area contributed by atoms with Crippen LogP contribution in [0.5, 0.6) is 23.0 Å². The Labute approximate surface area is 293 Å². The van der Waals surface area contributed by atoms with Crippen molar-refractivity contribution in [3.63, 3.8) is 0 Å². The lowest BCUT2D eigenvalue weighted by molar-refractivity contribution is -0.360. The minimum atomic E-state index is -2.00. The first-order valence-electron chi connectivity index (χ1n) is 16.2. The Bertz CT molecular complexity index is 1760. The Morgan fingerprint density at radius 3 is 1.88 bits per heavy atom. The Balaban J connectivity index is 1.38. The van der Waals surface area contributed by atoms with Crippen molar-refractivity contribution in [2.24, 2.45) is 0 Å². The number of hydrogen-bond acceptors (Lipinski definition) is 19. The molecule has 3 aliphatic rings. The van der Waals surface area contributed by atoms with Crippen molar-refractivity contribution in [2.75, 3.05) is 6.61 Å². The van der Waals surface area contributed by atoms with Crippen molar-refractivity contribution in [3.05, 3.63) is 46.6 Å². The van der Waals surface area contributed by atoms with Crippen molar-refractivity contribution in [2.45, 2.75) is 106 Å². The number of ether oxygens (including phenoxy) is 6. The summed E-state index contributed by atoms with van der Waals surface area (Å²) in [6.45, 7) is 2.12. The quantitative estimate of drug-likeness (QED) is 0.113. The molecule has 3 aromatic rings. The lowest BCUT2D eigenvalue weighted by Gasteiger charge is -2.46. The number of hydrogen-bond donors (Lipinski definition) is 11. The van der Waals surface area contributed by atoms with E-state index in [0.717, 1.165) is 12.1 Å². The van der Waals surface area contributed by atoms with Crippen LogP contribution in [0.25, 0.3) is 22.3 Å².